The Balaban J connectivity index is 2.57. The van der Waals surface area contributed by atoms with E-state index in [1.165, 1.54) is 11.3 Å². The zero-order chi connectivity index (χ0) is 10.6. The lowest BCUT2D eigenvalue weighted by Gasteiger charge is -2.24. The van der Waals surface area contributed by atoms with E-state index in [0.29, 0.717) is 12.1 Å². The molecule has 1 rings (SSSR count). The molecule has 0 unspecified atom stereocenters. The van der Waals surface area contributed by atoms with Crippen LogP contribution in [-0.4, -0.2) is 28.1 Å². The van der Waals surface area contributed by atoms with Crippen molar-refractivity contribution >= 4 is 17.2 Å². The van der Waals surface area contributed by atoms with Gasteiger partial charge >= 0.3 is 0 Å². The van der Waals surface area contributed by atoms with Crippen molar-refractivity contribution in [1.29, 1.82) is 0 Å². The van der Waals surface area contributed by atoms with Crippen LogP contribution in [0.1, 0.15) is 30.8 Å². The van der Waals surface area contributed by atoms with E-state index in [0.717, 1.165) is 0 Å². The molecule has 4 nitrogen and oxygen atoms in total. The third kappa shape index (κ3) is 3.08. The molecule has 0 atom stereocenters. The largest absolute Gasteiger partial charge is 0.396 e. The Morgan fingerprint density at radius 1 is 1.71 bits per heavy atom. The van der Waals surface area contributed by atoms with Crippen molar-refractivity contribution in [2.45, 2.75) is 25.8 Å². The van der Waals surface area contributed by atoms with Gasteiger partial charge in [0, 0.05) is 17.5 Å². The number of aromatic nitrogens is 1. The molecule has 0 radical (unpaired) electrons. The first-order chi connectivity index (χ1) is 6.55. The zero-order valence-electron chi connectivity index (χ0n) is 8.28. The molecule has 0 aliphatic carbocycles. The van der Waals surface area contributed by atoms with Gasteiger partial charge in [0.1, 0.15) is 5.69 Å². The van der Waals surface area contributed by atoms with Crippen molar-refractivity contribution < 1.29 is 9.90 Å². The van der Waals surface area contributed by atoms with Crippen LogP contribution in [-0.2, 0) is 0 Å². The van der Waals surface area contributed by atoms with Gasteiger partial charge in [-0.1, -0.05) is 0 Å². The van der Waals surface area contributed by atoms with Gasteiger partial charge in [-0.3, -0.25) is 4.79 Å². The molecule has 0 aliphatic heterocycles. The summed E-state index contributed by atoms with van der Waals surface area (Å²) < 4.78 is 0. The Morgan fingerprint density at radius 2 is 2.43 bits per heavy atom. The molecule has 0 bridgehead atoms. The van der Waals surface area contributed by atoms with Crippen LogP contribution >= 0.6 is 11.3 Å². The maximum absolute atomic E-state index is 11.5. The van der Waals surface area contributed by atoms with Gasteiger partial charge < -0.3 is 10.4 Å². The predicted molar refractivity (Wildman–Crippen MR) is 55.4 cm³/mol. The SMILES string of the molecule is CC(C)(CCO)NC(=O)c1cscn1. The Hall–Kier alpha value is -0.940. The van der Waals surface area contributed by atoms with Gasteiger partial charge in [0.2, 0.25) is 0 Å². The second-order valence-corrected chi connectivity index (χ2v) is 4.40. The molecule has 1 aromatic heterocycles. The molecule has 0 saturated carbocycles. The summed E-state index contributed by atoms with van der Waals surface area (Å²) in [6.45, 7) is 3.80. The summed E-state index contributed by atoms with van der Waals surface area (Å²) in [6.07, 6.45) is 0.531. The zero-order valence-corrected chi connectivity index (χ0v) is 9.10. The maximum Gasteiger partial charge on any atom is 0.271 e. The Morgan fingerprint density at radius 3 is 2.93 bits per heavy atom. The molecule has 0 fully saturated rings. The van der Waals surface area contributed by atoms with Crippen LogP contribution in [0.5, 0.6) is 0 Å². The monoisotopic (exact) mass is 214 g/mol. The smallest absolute Gasteiger partial charge is 0.271 e. The van der Waals surface area contributed by atoms with Gasteiger partial charge in [-0.05, 0) is 20.3 Å². The van der Waals surface area contributed by atoms with E-state index in [-0.39, 0.29) is 12.5 Å². The van der Waals surface area contributed by atoms with Crippen LogP contribution in [0.4, 0.5) is 0 Å². The highest BCUT2D eigenvalue weighted by Crippen LogP contribution is 2.09. The summed E-state index contributed by atoms with van der Waals surface area (Å²) in [6, 6.07) is 0. The highest BCUT2D eigenvalue weighted by atomic mass is 32.1. The van der Waals surface area contributed by atoms with E-state index in [9.17, 15) is 4.79 Å². The number of aliphatic hydroxyl groups excluding tert-OH is 1. The topological polar surface area (TPSA) is 62.2 Å². The molecular formula is C9H14N2O2S. The number of aliphatic hydroxyl groups is 1. The van der Waals surface area contributed by atoms with E-state index in [1.54, 1.807) is 10.9 Å². The maximum atomic E-state index is 11.5. The first kappa shape index (κ1) is 11.1. The van der Waals surface area contributed by atoms with Crippen molar-refractivity contribution in [2.24, 2.45) is 0 Å². The first-order valence-corrected chi connectivity index (χ1v) is 5.31. The second-order valence-electron chi connectivity index (χ2n) is 3.69. The molecule has 2 N–H and O–H groups in total. The number of hydrogen-bond acceptors (Lipinski definition) is 4. The van der Waals surface area contributed by atoms with E-state index in [2.05, 4.69) is 10.3 Å². The lowest BCUT2D eigenvalue weighted by Crippen LogP contribution is -2.44. The van der Waals surface area contributed by atoms with Gasteiger partial charge in [0.25, 0.3) is 5.91 Å². The average molecular weight is 214 g/mol. The highest BCUT2D eigenvalue weighted by molar-refractivity contribution is 7.07. The third-order valence-electron chi connectivity index (χ3n) is 1.85. The summed E-state index contributed by atoms with van der Waals surface area (Å²) in [5.41, 5.74) is 1.66. The summed E-state index contributed by atoms with van der Waals surface area (Å²) in [5, 5.41) is 13.3. The molecule has 1 amide bonds. The lowest BCUT2D eigenvalue weighted by atomic mass is 10.0. The second kappa shape index (κ2) is 4.52. The molecule has 0 aliphatic rings. The molecule has 0 saturated heterocycles. The van der Waals surface area contributed by atoms with Crippen molar-refractivity contribution in [3.05, 3.63) is 16.6 Å². The number of amides is 1. The predicted octanol–water partition coefficient (Wildman–Crippen LogP) is 1.03. The number of nitrogens with one attached hydrogen (secondary N) is 1. The van der Waals surface area contributed by atoms with E-state index in [4.69, 9.17) is 5.11 Å². The number of hydrogen-bond donors (Lipinski definition) is 2. The fourth-order valence-electron chi connectivity index (χ4n) is 1.04. The van der Waals surface area contributed by atoms with Gasteiger partial charge in [-0.2, -0.15) is 0 Å². The van der Waals surface area contributed by atoms with Crippen molar-refractivity contribution in [1.82, 2.24) is 10.3 Å². The minimum Gasteiger partial charge on any atom is -0.396 e. The van der Waals surface area contributed by atoms with Gasteiger partial charge in [0.05, 0.1) is 5.51 Å². The fraction of sp³-hybridized carbons (Fsp3) is 0.556. The molecule has 78 valence electrons. The minimum atomic E-state index is -0.393. The molecular weight excluding hydrogens is 200 g/mol. The summed E-state index contributed by atoms with van der Waals surface area (Å²) in [4.78, 5) is 15.5. The van der Waals surface area contributed by atoms with Crippen LogP contribution in [0.2, 0.25) is 0 Å². The van der Waals surface area contributed by atoms with E-state index in [1.807, 2.05) is 13.8 Å². The third-order valence-corrected chi connectivity index (χ3v) is 2.44. The average Bonchev–Trinajstić information content (AvgIpc) is 2.53. The van der Waals surface area contributed by atoms with E-state index < -0.39 is 5.54 Å². The van der Waals surface area contributed by atoms with Crippen molar-refractivity contribution in [2.75, 3.05) is 6.61 Å². The highest BCUT2D eigenvalue weighted by Gasteiger charge is 2.21. The van der Waals surface area contributed by atoms with Crippen LogP contribution < -0.4 is 5.32 Å². The molecule has 0 spiro atoms. The van der Waals surface area contributed by atoms with Crippen LogP contribution in [0.15, 0.2) is 10.9 Å². The molecule has 14 heavy (non-hydrogen) atoms. The van der Waals surface area contributed by atoms with Gasteiger partial charge in [-0.15, -0.1) is 11.3 Å². The van der Waals surface area contributed by atoms with Gasteiger partial charge in [-0.25, -0.2) is 4.98 Å². The number of thiazole rings is 1. The number of carbonyl (C=O) groups is 1. The molecule has 5 heteroatoms. The first-order valence-electron chi connectivity index (χ1n) is 4.37. The summed E-state index contributed by atoms with van der Waals surface area (Å²) >= 11 is 1.39. The summed E-state index contributed by atoms with van der Waals surface area (Å²) in [7, 11) is 0. The van der Waals surface area contributed by atoms with Crippen LogP contribution in [0, 0.1) is 0 Å². The minimum absolute atomic E-state index is 0.0599. The summed E-state index contributed by atoms with van der Waals surface area (Å²) in [5.74, 6) is -0.190. The van der Waals surface area contributed by atoms with Gasteiger partial charge in [0.15, 0.2) is 0 Å². The fourth-order valence-corrected chi connectivity index (χ4v) is 1.57. The lowest BCUT2D eigenvalue weighted by molar-refractivity contribution is 0.0895. The van der Waals surface area contributed by atoms with Crippen molar-refractivity contribution in [3.8, 4) is 0 Å². The van der Waals surface area contributed by atoms with Crippen LogP contribution in [0.25, 0.3) is 0 Å². The standard InChI is InChI=1S/C9H14N2O2S/c1-9(2,3-4-12)11-8(13)7-5-14-6-10-7/h5-6,12H,3-4H2,1-2H3,(H,11,13). The molecule has 1 heterocycles. The van der Waals surface area contributed by atoms with E-state index >= 15 is 0 Å². The number of nitrogens with zero attached hydrogens (tertiary/aromatic N) is 1. The quantitative estimate of drug-likeness (QED) is 0.787. The Labute approximate surface area is 87.0 Å². The molecule has 1 aromatic rings. The number of rotatable bonds is 4. The normalized spacial score (nSPS) is 11.4. The van der Waals surface area contributed by atoms with Crippen LogP contribution in [0.3, 0.4) is 0 Å². The Kier molecular flexibility index (Phi) is 3.60. The Bertz CT molecular complexity index is 296. The molecule has 0 aromatic carbocycles. The number of carbonyl (C=O) groups excluding carboxylic acids is 1. The van der Waals surface area contributed by atoms with Crippen molar-refractivity contribution in [3.63, 3.8) is 0 Å².